The molecule has 116 valence electrons. The van der Waals surface area contributed by atoms with Crippen LogP contribution in [-0.4, -0.2) is 28.8 Å². The van der Waals surface area contributed by atoms with Gasteiger partial charge in [-0.25, -0.2) is 0 Å². The zero-order valence-corrected chi connectivity index (χ0v) is 10.4. The molecule has 0 N–H and O–H groups in total. The predicted molar refractivity (Wildman–Crippen MR) is 57.9 cm³/mol. The molecule has 0 radical (unpaired) electrons. The number of esters is 1. The first kappa shape index (κ1) is 16.6. The molecule has 0 bridgehead atoms. The van der Waals surface area contributed by atoms with Crippen LogP contribution < -0.4 is 4.74 Å². The molecule has 11 heteroatoms. The third kappa shape index (κ3) is 4.54. The Morgan fingerprint density at radius 2 is 2.10 bits per heavy atom. The first-order chi connectivity index (χ1) is 9.65. The topological polar surface area (TPSA) is 91.6 Å². The average Bonchev–Trinajstić information content (AvgIpc) is 2.30. The van der Waals surface area contributed by atoms with Crippen molar-refractivity contribution in [3.05, 3.63) is 27.8 Å². The number of pyridine rings is 1. The Hall–Kier alpha value is -2.46. The quantitative estimate of drug-likeness (QED) is 0.358. The van der Waals surface area contributed by atoms with Gasteiger partial charge >= 0.3 is 18.0 Å². The van der Waals surface area contributed by atoms with Crippen LogP contribution in [-0.2, 0) is 16.0 Å². The van der Waals surface area contributed by atoms with E-state index < -0.39 is 46.6 Å². The van der Waals surface area contributed by atoms with Crippen molar-refractivity contribution in [3.8, 4) is 5.75 Å². The molecule has 0 aliphatic heterocycles. The third-order valence-electron chi connectivity index (χ3n) is 2.05. The van der Waals surface area contributed by atoms with Gasteiger partial charge in [-0.1, -0.05) is 0 Å². The van der Waals surface area contributed by atoms with Crippen molar-refractivity contribution < 1.29 is 36.8 Å². The lowest BCUT2D eigenvalue weighted by Gasteiger charge is -2.12. The molecule has 21 heavy (non-hydrogen) atoms. The lowest BCUT2D eigenvalue weighted by molar-refractivity contribution is -0.391. The summed E-state index contributed by atoms with van der Waals surface area (Å²) in [6, 6.07) is 0. The van der Waals surface area contributed by atoms with Crippen LogP contribution in [0.15, 0.2) is 6.20 Å². The molecule has 0 atom stereocenters. The second-order valence-electron chi connectivity index (χ2n) is 3.52. The van der Waals surface area contributed by atoms with E-state index in [-0.39, 0.29) is 6.61 Å². The standard InChI is InChI=1S/C10H8F4N2O5/c1-2-20-7(17)3-6-9(21-10(12,13)14)8(16(18)19)5(11)4-15-6/h4H,2-3H2,1H3. The number of aromatic nitrogens is 1. The van der Waals surface area contributed by atoms with Crippen molar-refractivity contribution in [2.24, 2.45) is 0 Å². The number of hydrogen-bond acceptors (Lipinski definition) is 6. The molecule has 0 amide bonds. The summed E-state index contributed by atoms with van der Waals surface area (Å²) in [5, 5.41) is 10.7. The summed E-state index contributed by atoms with van der Waals surface area (Å²) in [4.78, 5) is 23.7. The number of nitro groups is 1. The van der Waals surface area contributed by atoms with Gasteiger partial charge in [0.2, 0.25) is 11.6 Å². The van der Waals surface area contributed by atoms with Crippen LogP contribution in [0.25, 0.3) is 0 Å². The van der Waals surface area contributed by atoms with Crippen molar-refractivity contribution in [1.29, 1.82) is 0 Å². The van der Waals surface area contributed by atoms with Crippen LogP contribution in [0.4, 0.5) is 23.2 Å². The number of carbonyl (C=O) groups excluding carboxylic acids is 1. The summed E-state index contributed by atoms with van der Waals surface area (Å²) in [6.07, 6.45) is -5.82. The van der Waals surface area contributed by atoms with Crippen LogP contribution in [0.5, 0.6) is 5.75 Å². The fourth-order valence-corrected chi connectivity index (χ4v) is 1.37. The summed E-state index contributed by atoms with van der Waals surface area (Å²) in [7, 11) is 0. The van der Waals surface area contributed by atoms with E-state index in [4.69, 9.17) is 0 Å². The van der Waals surface area contributed by atoms with E-state index in [1.165, 1.54) is 6.92 Å². The molecule has 0 unspecified atom stereocenters. The molecule has 7 nitrogen and oxygen atoms in total. The van der Waals surface area contributed by atoms with Crippen LogP contribution in [0.2, 0.25) is 0 Å². The van der Waals surface area contributed by atoms with Crippen molar-refractivity contribution in [2.45, 2.75) is 19.7 Å². The van der Waals surface area contributed by atoms with Gasteiger partial charge in [-0.15, -0.1) is 13.2 Å². The van der Waals surface area contributed by atoms with E-state index in [1.807, 2.05) is 0 Å². The summed E-state index contributed by atoms with van der Waals surface area (Å²) in [5.41, 5.74) is -2.31. The Morgan fingerprint density at radius 1 is 1.48 bits per heavy atom. The second-order valence-corrected chi connectivity index (χ2v) is 3.52. The number of alkyl halides is 3. The number of rotatable bonds is 5. The Labute approximate surface area is 114 Å². The monoisotopic (exact) mass is 312 g/mol. The van der Waals surface area contributed by atoms with Crippen molar-refractivity contribution in [1.82, 2.24) is 4.98 Å². The number of hydrogen-bond donors (Lipinski definition) is 0. The molecule has 0 aliphatic carbocycles. The second kappa shape index (κ2) is 6.33. The number of ether oxygens (including phenoxy) is 2. The van der Waals surface area contributed by atoms with Crippen LogP contribution >= 0.6 is 0 Å². The summed E-state index contributed by atoms with van der Waals surface area (Å²) in [5.74, 6) is -4.08. The van der Waals surface area contributed by atoms with Crippen LogP contribution in [0, 0.1) is 15.9 Å². The molecular weight excluding hydrogens is 304 g/mol. The van der Waals surface area contributed by atoms with Crippen molar-refractivity contribution >= 4 is 11.7 Å². The highest BCUT2D eigenvalue weighted by molar-refractivity contribution is 5.73. The maximum atomic E-state index is 13.3. The lowest BCUT2D eigenvalue weighted by Crippen LogP contribution is -2.21. The maximum Gasteiger partial charge on any atom is 0.573 e. The summed E-state index contributed by atoms with van der Waals surface area (Å²) in [6.45, 7) is 1.39. The summed E-state index contributed by atoms with van der Waals surface area (Å²) < 4.78 is 58.0. The Bertz CT molecular complexity index is 561. The third-order valence-corrected chi connectivity index (χ3v) is 2.05. The first-order valence-electron chi connectivity index (χ1n) is 5.38. The van der Waals surface area contributed by atoms with E-state index in [2.05, 4.69) is 14.5 Å². The van der Waals surface area contributed by atoms with Gasteiger partial charge in [-0.3, -0.25) is 19.9 Å². The van der Waals surface area contributed by atoms with Gasteiger partial charge in [-0.05, 0) is 6.92 Å². The predicted octanol–water partition coefficient (Wildman–Crippen LogP) is 2.13. The fraction of sp³-hybridized carbons (Fsp3) is 0.400. The van der Waals surface area contributed by atoms with Gasteiger partial charge in [0.1, 0.15) is 5.69 Å². The van der Waals surface area contributed by atoms with Gasteiger partial charge in [0, 0.05) is 0 Å². The molecule has 1 aromatic heterocycles. The number of nitrogens with zero attached hydrogens (tertiary/aromatic N) is 2. The van der Waals surface area contributed by atoms with Gasteiger partial charge < -0.3 is 9.47 Å². The van der Waals surface area contributed by atoms with E-state index >= 15 is 0 Å². The smallest absolute Gasteiger partial charge is 0.466 e. The fourth-order valence-electron chi connectivity index (χ4n) is 1.37. The average molecular weight is 312 g/mol. The molecule has 0 aromatic carbocycles. The molecule has 0 saturated heterocycles. The minimum absolute atomic E-state index is 0.0580. The van der Waals surface area contributed by atoms with Gasteiger partial charge in [0.15, 0.2) is 0 Å². The van der Waals surface area contributed by atoms with Crippen LogP contribution in [0.1, 0.15) is 12.6 Å². The Kier molecular flexibility index (Phi) is 5.00. The molecule has 1 aromatic rings. The molecule has 0 spiro atoms. The van der Waals surface area contributed by atoms with E-state index in [0.29, 0.717) is 6.20 Å². The minimum atomic E-state index is -5.32. The molecule has 0 fully saturated rings. The van der Waals surface area contributed by atoms with Gasteiger partial charge in [0.25, 0.3) is 0 Å². The van der Waals surface area contributed by atoms with Gasteiger partial charge in [0.05, 0.1) is 24.1 Å². The van der Waals surface area contributed by atoms with Crippen molar-refractivity contribution in [2.75, 3.05) is 6.61 Å². The SMILES string of the molecule is CCOC(=O)Cc1ncc(F)c([N+](=O)[O-])c1OC(F)(F)F. The minimum Gasteiger partial charge on any atom is -0.466 e. The molecule has 0 saturated carbocycles. The Balaban J connectivity index is 3.32. The van der Waals surface area contributed by atoms with Gasteiger partial charge in [-0.2, -0.15) is 4.39 Å². The summed E-state index contributed by atoms with van der Waals surface area (Å²) >= 11 is 0. The molecule has 1 heterocycles. The highest BCUT2D eigenvalue weighted by Gasteiger charge is 2.38. The first-order valence-corrected chi connectivity index (χ1v) is 5.38. The maximum absolute atomic E-state index is 13.3. The Morgan fingerprint density at radius 3 is 2.57 bits per heavy atom. The molecule has 0 aliphatic rings. The number of carbonyl (C=O) groups is 1. The largest absolute Gasteiger partial charge is 0.573 e. The van der Waals surface area contributed by atoms with E-state index in [9.17, 15) is 32.5 Å². The van der Waals surface area contributed by atoms with E-state index in [0.717, 1.165) is 0 Å². The number of halogens is 4. The highest BCUT2D eigenvalue weighted by atomic mass is 19.4. The zero-order chi connectivity index (χ0) is 16.2. The lowest BCUT2D eigenvalue weighted by atomic mass is 10.2. The normalized spacial score (nSPS) is 11.1. The highest BCUT2D eigenvalue weighted by Crippen LogP contribution is 2.36. The molecule has 1 rings (SSSR count). The van der Waals surface area contributed by atoms with E-state index in [1.54, 1.807) is 0 Å². The molecular formula is C10H8F4N2O5. The zero-order valence-electron chi connectivity index (χ0n) is 10.4. The van der Waals surface area contributed by atoms with Crippen molar-refractivity contribution in [3.63, 3.8) is 0 Å². The van der Waals surface area contributed by atoms with Crippen LogP contribution in [0.3, 0.4) is 0 Å².